The summed E-state index contributed by atoms with van der Waals surface area (Å²) in [5.41, 5.74) is 4.35. The zero-order valence-electron chi connectivity index (χ0n) is 10.2. The van der Waals surface area contributed by atoms with E-state index in [4.69, 9.17) is 5.73 Å². The smallest absolute Gasteiger partial charge is 0.341 e. The fraction of sp³-hybridized carbons (Fsp3) is 0.364. The summed E-state index contributed by atoms with van der Waals surface area (Å²) in [5, 5.41) is 0. The van der Waals surface area contributed by atoms with E-state index in [0.717, 1.165) is 12.3 Å². The van der Waals surface area contributed by atoms with Crippen LogP contribution in [0.2, 0.25) is 0 Å². The Labute approximate surface area is 109 Å². The first-order valence-electron chi connectivity index (χ1n) is 5.30. The molecule has 1 rings (SSSR count). The van der Waals surface area contributed by atoms with Crippen LogP contribution >= 0.6 is 0 Å². The van der Waals surface area contributed by atoms with Gasteiger partial charge in [0.2, 0.25) is 0 Å². The second kappa shape index (κ2) is 5.96. The Morgan fingerprint density at radius 1 is 1.32 bits per heavy atom. The van der Waals surface area contributed by atoms with Crippen molar-refractivity contribution in [2.45, 2.75) is 6.42 Å². The molecule has 0 fully saturated rings. The average molecular weight is 293 g/mol. The van der Waals surface area contributed by atoms with Crippen molar-refractivity contribution < 1.29 is 26.7 Å². The van der Waals surface area contributed by atoms with Gasteiger partial charge >= 0.3 is 5.97 Å². The Bertz CT molecular complexity index is 587. The van der Waals surface area contributed by atoms with Crippen molar-refractivity contribution in [2.75, 3.05) is 24.3 Å². The second-order valence-corrected chi connectivity index (χ2v) is 6.23. The largest absolute Gasteiger partial charge is 0.462 e. The van der Waals surface area contributed by atoms with Crippen molar-refractivity contribution >= 4 is 21.5 Å². The molecule has 106 valence electrons. The van der Waals surface area contributed by atoms with Crippen LogP contribution in [0.25, 0.3) is 0 Å². The van der Waals surface area contributed by atoms with Gasteiger partial charge in [0.05, 0.1) is 23.6 Å². The molecule has 0 aromatic heterocycles. The quantitative estimate of drug-likeness (QED) is 0.500. The maximum atomic E-state index is 13.3. The topological polar surface area (TPSA) is 86.5 Å². The summed E-state index contributed by atoms with van der Waals surface area (Å²) in [6.45, 7) is -0.178. The molecule has 0 saturated carbocycles. The first kappa shape index (κ1) is 15.4. The molecule has 0 radical (unpaired) electrons. The third-order valence-electron chi connectivity index (χ3n) is 2.20. The molecule has 0 aliphatic rings. The number of ether oxygens (including phenoxy) is 1. The molecule has 8 heteroatoms. The fourth-order valence-electron chi connectivity index (χ4n) is 1.29. The van der Waals surface area contributed by atoms with E-state index in [9.17, 15) is 22.0 Å². The Kier molecular flexibility index (Phi) is 4.82. The molecule has 0 saturated heterocycles. The van der Waals surface area contributed by atoms with Gasteiger partial charge in [-0.15, -0.1) is 0 Å². The maximum Gasteiger partial charge on any atom is 0.341 e. The highest BCUT2D eigenvalue weighted by Gasteiger charge is 2.16. The van der Waals surface area contributed by atoms with E-state index in [1.165, 1.54) is 0 Å². The van der Waals surface area contributed by atoms with Crippen LogP contribution in [0.15, 0.2) is 12.1 Å². The number of esters is 1. The second-order valence-electron chi connectivity index (χ2n) is 3.97. The predicted octanol–water partition coefficient (Wildman–Crippen LogP) is 1.14. The van der Waals surface area contributed by atoms with Crippen LogP contribution in [0.1, 0.15) is 16.8 Å². The van der Waals surface area contributed by atoms with Crippen LogP contribution in [-0.4, -0.2) is 33.0 Å². The first-order valence-corrected chi connectivity index (χ1v) is 7.36. The lowest BCUT2D eigenvalue weighted by molar-refractivity contribution is 0.0500. The third-order valence-corrected chi connectivity index (χ3v) is 3.23. The number of rotatable bonds is 5. The number of carbonyl (C=O) groups is 1. The van der Waals surface area contributed by atoms with E-state index < -0.39 is 33.0 Å². The van der Waals surface area contributed by atoms with Crippen LogP contribution in [0.5, 0.6) is 0 Å². The van der Waals surface area contributed by atoms with Gasteiger partial charge in [-0.25, -0.2) is 22.0 Å². The van der Waals surface area contributed by atoms with Crippen LogP contribution in [0, 0.1) is 11.6 Å². The Morgan fingerprint density at radius 3 is 2.53 bits per heavy atom. The first-order chi connectivity index (χ1) is 8.70. The van der Waals surface area contributed by atoms with Crippen molar-refractivity contribution in [3.63, 3.8) is 0 Å². The minimum Gasteiger partial charge on any atom is -0.462 e. The Hall–Kier alpha value is -1.70. The molecule has 0 spiro atoms. The molecule has 2 N–H and O–H groups in total. The molecule has 19 heavy (non-hydrogen) atoms. The minimum atomic E-state index is -3.14. The maximum absolute atomic E-state index is 13.3. The lowest BCUT2D eigenvalue weighted by atomic mass is 10.2. The zero-order chi connectivity index (χ0) is 14.6. The third kappa shape index (κ3) is 4.82. The molecule has 0 atom stereocenters. The lowest BCUT2D eigenvalue weighted by Crippen LogP contribution is -2.12. The van der Waals surface area contributed by atoms with Crippen molar-refractivity contribution in [3.05, 3.63) is 29.3 Å². The van der Waals surface area contributed by atoms with Crippen LogP contribution in [-0.2, 0) is 14.6 Å². The molecule has 0 aliphatic carbocycles. The summed E-state index contributed by atoms with van der Waals surface area (Å²) < 4.78 is 52.5. The van der Waals surface area contributed by atoms with Gasteiger partial charge in [-0.3, -0.25) is 0 Å². The summed E-state index contributed by atoms with van der Waals surface area (Å²) in [6.07, 6.45) is 1.15. The van der Waals surface area contributed by atoms with Gasteiger partial charge in [0.1, 0.15) is 21.5 Å². The normalized spacial score (nSPS) is 11.3. The van der Waals surface area contributed by atoms with Crippen LogP contribution in [0.4, 0.5) is 14.5 Å². The van der Waals surface area contributed by atoms with Gasteiger partial charge in [0, 0.05) is 12.3 Å². The number of benzene rings is 1. The number of carbonyl (C=O) groups excluding carboxylic acids is 1. The van der Waals surface area contributed by atoms with Gasteiger partial charge in [-0.1, -0.05) is 0 Å². The minimum absolute atomic E-state index is 0.100. The van der Waals surface area contributed by atoms with E-state index in [0.29, 0.717) is 6.07 Å². The molecule has 1 aromatic rings. The molecular weight excluding hydrogens is 280 g/mol. The SMILES string of the molecule is CS(=O)(=O)CCCOC(=O)c1cc(N)c(F)cc1F. The highest BCUT2D eigenvalue weighted by molar-refractivity contribution is 7.90. The van der Waals surface area contributed by atoms with Crippen molar-refractivity contribution in [2.24, 2.45) is 0 Å². The predicted molar refractivity (Wildman–Crippen MR) is 65.4 cm³/mol. The van der Waals surface area contributed by atoms with Gasteiger partial charge in [0.25, 0.3) is 0 Å². The number of halogens is 2. The summed E-state index contributed by atoms with van der Waals surface area (Å²) >= 11 is 0. The number of hydrogen-bond donors (Lipinski definition) is 1. The average Bonchev–Trinajstić information content (AvgIpc) is 2.28. The van der Waals surface area contributed by atoms with Gasteiger partial charge in [0.15, 0.2) is 0 Å². The van der Waals surface area contributed by atoms with Gasteiger partial charge in [-0.05, 0) is 12.5 Å². The molecule has 0 bridgehead atoms. The van der Waals surface area contributed by atoms with E-state index >= 15 is 0 Å². The molecule has 0 heterocycles. The number of nitrogens with two attached hydrogens (primary N) is 1. The number of hydrogen-bond acceptors (Lipinski definition) is 5. The lowest BCUT2D eigenvalue weighted by Gasteiger charge is -2.06. The van der Waals surface area contributed by atoms with E-state index in [-0.39, 0.29) is 24.5 Å². The number of anilines is 1. The van der Waals surface area contributed by atoms with Crippen LogP contribution < -0.4 is 5.73 Å². The van der Waals surface area contributed by atoms with E-state index in [1.54, 1.807) is 0 Å². The molecule has 1 aromatic carbocycles. The van der Waals surface area contributed by atoms with Crippen molar-refractivity contribution in [1.82, 2.24) is 0 Å². The molecular formula is C11H13F2NO4S. The molecule has 0 amide bonds. The van der Waals surface area contributed by atoms with Gasteiger partial charge < -0.3 is 10.5 Å². The Balaban J connectivity index is 2.62. The Morgan fingerprint density at radius 2 is 1.95 bits per heavy atom. The van der Waals surface area contributed by atoms with E-state index in [1.807, 2.05) is 0 Å². The summed E-state index contributed by atoms with van der Waals surface area (Å²) in [4.78, 5) is 11.5. The summed E-state index contributed by atoms with van der Waals surface area (Å²) in [5.74, 6) is -3.21. The van der Waals surface area contributed by atoms with Crippen molar-refractivity contribution in [3.8, 4) is 0 Å². The van der Waals surface area contributed by atoms with Crippen LogP contribution in [0.3, 0.4) is 0 Å². The highest BCUT2D eigenvalue weighted by Crippen LogP contribution is 2.17. The van der Waals surface area contributed by atoms with Crippen molar-refractivity contribution in [1.29, 1.82) is 0 Å². The molecule has 5 nitrogen and oxygen atoms in total. The molecule has 0 aliphatic heterocycles. The number of nitrogen functional groups attached to an aromatic ring is 1. The summed E-state index contributed by atoms with van der Waals surface area (Å²) in [6, 6.07) is 1.33. The summed E-state index contributed by atoms with van der Waals surface area (Å²) in [7, 11) is -3.14. The monoisotopic (exact) mass is 293 g/mol. The fourth-order valence-corrected chi connectivity index (χ4v) is 1.93. The van der Waals surface area contributed by atoms with E-state index in [2.05, 4.69) is 4.74 Å². The standard InChI is InChI=1S/C11H13F2NO4S/c1-19(16,17)4-2-3-18-11(15)7-5-10(14)9(13)6-8(7)12/h5-6H,2-4,14H2,1H3. The highest BCUT2D eigenvalue weighted by atomic mass is 32.2. The zero-order valence-corrected chi connectivity index (χ0v) is 11.0. The molecule has 0 unspecified atom stereocenters. The number of sulfone groups is 1. The van der Waals surface area contributed by atoms with Gasteiger partial charge in [-0.2, -0.15) is 0 Å².